The van der Waals surface area contributed by atoms with E-state index in [2.05, 4.69) is 191 Å². The third-order valence-corrected chi connectivity index (χ3v) is 9.92. The van der Waals surface area contributed by atoms with Crippen LogP contribution in [0, 0.1) is 0 Å². The van der Waals surface area contributed by atoms with Gasteiger partial charge in [-0.3, -0.25) is 0 Å². The van der Waals surface area contributed by atoms with E-state index in [9.17, 15) is 0 Å². The summed E-state index contributed by atoms with van der Waals surface area (Å²) in [6.45, 7) is 0. The fourth-order valence-corrected chi connectivity index (χ4v) is 7.76. The Morgan fingerprint density at radius 1 is 0.521 bits per heavy atom. The summed E-state index contributed by atoms with van der Waals surface area (Å²) >= 11 is 0. The van der Waals surface area contributed by atoms with E-state index in [1.54, 1.807) is 0 Å². The van der Waals surface area contributed by atoms with E-state index in [0.29, 0.717) is 0 Å². The van der Waals surface area contributed by atoms with Crippen LogP contribution in [0.3, 0.4) is 0 Å². The van der Waals surface area contributed by atoms with Crippen molar-refractivity contribution in [1.29, 1.82) is 0 Å². The molecule has 0 aliphatic carbocycles. The van der Waals surface area contributed by atoms with E-state index in [4.69, 9.17) is 0 Å². The first-order valence-corrected chi connectivity index (χ1v) is 16.6. The van der Waals surface area contributed by atoms with E-state index in [1.807, 2.05) is 0 Å². The van der Waals surface area contributed by atoms with Gasteiger partial charge in [0, 0.05) is 33.5 Å². The Hall–Kier alpha value is -6.32. The van der Waals surface area contributed by atoms with Crippen LogP contribution in [0.5, 0.6) is 0 Å². The molecule has 1 atom stereocenters. The highest BCUT2D eigenvalue weighted by Gasteiger charge is 2.33. The zero-order valence-corrected chi connectivity index (χ0v) is 26.2. The number of hydrogen-bond acceptors (Lipinski definition) is 2. The molecule has 0 fully saturated rings. The Kier molecular flexibility index (Phi) is 5.94. The maximum atomic E-state index is 3.91. The van der Waals surface area contributed by atoms with Crippen LogP contribution in [0.15, 0.2) is 170 Å². The van der Waals surface area contributed by atoms with Gasteiger partial charge in [0.25, 0.3) is 0 Å². The van der Waals surface area contributed by atoms with Crippen LogP contribution < -0.4 is 10.2 Å². The standard InChI is InChI=1S/C45H31N3/c1-2-12-30(13-3-1)33-23-26-39-34(28-33)24-27-43(46-39)48-41-20-10-7-17-37(41)44-36-16-6-9-19-40(36)47(45(44)38-18-8-11-21-42(38)48)35-25-22-31-14-4-5-15-32(31)29-35/h1-29,43,46H. The normalized spacial score (nSPS) is 14.5. The predicted molar refractivity (Wildman–Crippen MR) is 202 cm³/mol. The molecule has 0 radical (unpaired) electrons. The number of anilines is 3. The second-order valence-corrected chi connectivity index (χ2v) is 12.6. The first-order chi connectivity index (χ1) is 23.8. The summed E-state index contributed by atoms with van der Waals surface area (Å²) in [5.41, 5.74) is 14.4. The molecule has 0 amide bonds. The molecule has 0 bridgehead atoms. The van der Waals surface area contributed by atoms with Crippen molar-refractivity contribution < 1.29 is 0 Å². The minimum atomic E-state index is -0.0910. The minimum Gasteiger partial charge on any atom is -0.361 e. The van der Waals surface area contributed by atoms with Gasteiger partial charge in [0.15, 0.2) is 0 Å². The molecule has 226 valence electrons. The smallest absolute Gasteiger partial charge is 0.123 e. The summed E-state index contributed by atoms with van der Waals surface area (Å²) < 4.78 is 2.47. The lowest BCUT2D eigenvalue weighted by Gasteiger charge is -2.36. The molecule has 10 rings (SSSR count). The highest BCUT2D eigenvalue weighted by Crippen LogP contribution is 2.53. The fraction of sp³-hybridized carbons (Fsp3) is 0.0222. The van der Waals surface area contributed by atoms with Crippen molar-refractivity contribution in [1.82, 2.24) is 4.57 Å². The maximum absolute atomic E-state index is 3.91. The molecule has 8 aromatic rings. The van der Waals surface area contributed by atoms with Gasteiger partial charge in [-0.05, 0) is 76.0 Å². The SMILES string of the molecule is C1=CC(N2c3ccccc3-c3c(n(-c4ccc5ccccc5c4)c4ccccc34)-c3ccccc32)Nc2ccc(-c3ccccc3)cc21. The molecular weight excluding hydrogens is 583 g/mol. The van der Waals surface area contributed by atoms with Crippen molar-refractivity contribution in [2.75, 3.05) is 10.2 Å². The van der Waals surface area contributed by atoms with Crippen molar-refractivity contribution in [3.63, 3.8) is 0 Å². The number of fused-ring (bicyclic) bond motifs is 9. The largest absolute Gasteiger partial charge is 0.361 e. The Labute approximate surface area is 279 Å². The average Bonchev–Trinajstić information content (AvgIpc) is 3.44. The van der Waals surface area contributed by atoms with Crippen LogP contribution in [0.25, 0.3) is 66.9 Å². The zero-order valence-electron chi connectivity index (χ0n) is 26.2. The summed E-state index contributed by atoms with van der Waals surface area (Å²) in [5.74, 6) is 0. The molecule has 0 saturated heterocycles. The van der Waals surface area contributed by atoms with Gasteiger partial charge in [0.05, 0.1) is 22.6 Å². The Morgan fingerprint density at radius 3 is 2.10 bits per heavy atom. The van der Waals surface area contributed by atoms with Crippen LogP contribution in [0.4, 0.5) is 17.1 Å². The molecule has 2 aliphatic rings. The highest BCUT2D eigenvalue weighted by molar-refractivity contribution is 6.12. The predicted octanol–water partition coefficient (Wildman–Crippen LogP) is 11.7. The van der Waals surface area contributed by atoms with Crippen LogP contribution in [0.1, 0.15) is 5.56 Å². The molecule has 1 unspecified atom stereocenters. The van der Waals surface area contributed by atoms with Gasteiger partial charge in [0.2, 0.25) is 0 Å². The van der Waals surface area contributed by atoms with E-state index >= 15 is 0 Å². The number of rotatable bonds is 3. The number of para-hydroxylation sites is 3. The second kappa shape index (κ2) is 10.6. The third kappa shape index (κ3) is 4.08. The van der Waals surface area contributed by atoms with Gasteiger partial charge in [-0.25, -0.2) is 0 Å². The van der Waals surface area contributed by atoms with Gasteiger partial charge < -0.3 is 14.8 Å². The number of aromatic nitrogens is 1. The molecule has 3 nitrogen and oxygen atoms in total. The highest BCUT2D eigenvalue weighted by atomic mass is 15.3. The van der Waals surface area contributed by atoms with Gasteiger partial charge in [0.1, 0.15) is 6.17 Å². The van der Waals surface area contributed by atoms with E-state index < -0.39 is 0 Å². The Morgan fingerprint density at radius 2 is 1.23 bits per heavy atom. The maximum Gasteiger partial charge on any atom is 0.123 e. The fourth-order valence-electron chi connectivity index (χ4n) is 7.76. The number of benzene rings is 7. The van der Waals surface area contributed by atoms with Crippen LogP contribution >= 0.6 is 0 Å². The Bertz CT molecular complexity index is 2560. The second-order valence-electron chi connectivity index (χ2n) is 12.6. The van der Waals surface area contributed by atoms with Crippen molar-refractivity contribution in [2.24, 2.45) is 0 Å². The molecule has 48 heavy (non-hydrogen) atoms. The molecule has 3 heteroatoms. The quantitative estimate of drug-likeness (QED) is 0.214. The van der Waals surface area contributed by atoms with E-state index in [-0.39, 0.29) is 6.17 Å². The third-order valence-electron chi connectivity index (χ3n) is 9.92. The number of hydrogen-bond donors (Lipinski definition) is 1. The minimum absolute atomic E-state index is 0.0910. The lowest BCUT2D eigenvalue weighted by Crippen LogP contribution is -2.37. The number of nitrogens with one attached hydrogen (secondary N) is 1. The molecule has 7 aromatic carbocycles. The zero-order chi connectivity index (χ0) is 31.6. The number of nitrogens with zero attached hydrogens (tertiary/aromatic N) is 2. The van der Waals surface area contributed by atoms with Crippen molar-refractivity contribution in [2.45, 2.75) is 6.17 Å². The monoisotopic (exact) mass is 613 g/mol. The summed E-state index contributed by atoms with van der Waals surface area (Å²) in [6.07, 6.45) is 4.49. The van der Waals surface area contributed by atoms with Crippen LogP contribution in [0.2, 0.25) is 0 Å². The van der Waals surface area contributed by atoms with Gasteiger partial charge in [-0.1, -0.05) is 127 Å². The summed E-state index contributed by atoms with van der Waals surface area (Å²) in [7, 11) is 0. The first kappa shape index (κ1) is 26.9. The molecule has 3 heterocycles. The van der Waals surface area contributed by atoms with E-state index in [1.165, 1.54) is 72.1 Å². The molecule has 0 saturated carbocycles. The van der Waals surface area contributed by atoms with Gasteiger partial charge in [-0.15, -0.1) is 0 Å². The van der Waals surface area contributed by atoms with Crippen LogP contribution in [-0.2, 0) is 0 Å². The molecule has 1 N–H and O–H groups in total. The molecule has 0 spiro atoms. The van der Waals surface area contributed by atoms with Crippen LogP contribution in [-0.4, -0.2) is 10.7 Å². The first-order valence-electron chi connectivity index (χ1n) is 16.6. The van der Waals surface area contributed by atoms with E-state index in [0.717, 1.165) is 11.4 Å². The molecular formula is C45H31N3. The summed E-state index contributed by atoms with van der Waals surface area (Å²) in [4.78, 5) is 2.48. The van der Waals surface area contributed by atoms with Crippen molar-refractivity contribution in [3.05, 3.63) is 175 Å². The topological polar surface area (TPSA) is 20.2 Å². The lowest BCUT2D eigenvalue weighted by molar-refractivity contribution is 0.879. The molecule has 1 aromatic heterocycles. The Balaban J connectivity index is 1.19. The molecule has 2 aliphatic heterocycles. The van der Waals surface area contributed by atoms with Gasteiger partial charge >= 0.3 is 0 Å². The average molecular weight is 614 g/mol. The van der Waals surface area contributed by atoms with Crippen molar-refractivity contribution >= 4 is 44.8 Å². The summed E-state index contributed by atoms with van der Waals surface area (Å²) in [5, 5.41) is 7.63. The van der Waals surface area contributed by atoms with Gasteiger partial charge in [-0.2, -0.15) is 0 Å². The lowest BCUT2D eigenvalue weighted by atomic mass is 9.98. The van der Waals surface area contributed by atoms with Crippen molar-refractivity contribution in [3.8, 4) is 39.2 Å². The summed E-state index contributed by atoms with van der Waals surface area (Å²) in [6, 6.07) is 59.4.